The predicted octanol–water partition coefficient (Wildman–Crippen LogP) is 32.3. The zero-order valence-electron chi connectivity index (χ0n) is 60.0. The monoisotopic (exact) mass is 1580 g/mol. The molecule has 0 saturated carbocycles. The second-order valence-corrected chi connectivity index (χ2v) is 42.6. The molecule has 0 fully saturated rings. The van der Waals surface area contributed by atoms with Gasteiger partial charge in [-0.2, -0.15) is 0 Å². The first-order chi connectivity index (χ1) is 49.5. The molecule has 0 amide bonds. The van der Waals surface area contributed by atoms with E-state index in [9.17, 15) is 14.4 Å². The van der Waals surface area contributed by atoms with E-state index in [2.05, 4.69) is 122 Å². The summed E-state index contributed by atoms with van der Waals surface area (Å²) in [6.07, 6.45) is 23.5. The van der Waals surface area contributed by atoms with E-state index in [1.54, 1.807) is 54.8 Å². The summed E-state index contributed by atoms with van der Waals surface area (Å²) >= 11 is 24.6. The molecule has 3 aromatic carbocycles. The number of carbonyl (C=O) groups excluding carboxylic acids is 3. The van der Waals surface area contributed by atoms with Crippen molar-refractivity contribution >= 4 is 256 Å². The predicted molar refractivity (Wildman–Crippen MR) is 468 cm³/mol. The number of benzene rings is 3. The lowest BCUT2D eigenvalue weighted by molar-refractivity contribution is 0.101. The van der Waals surface area contributed by atoms with Crippen LogP contribution in [-0.4, -0.2) is 17.3 Å². The van der Waals surface area contributed by atoms with Crippen LogP contribution in [0.3, 0.4) is 0 Å². The largest absolute Gasteiger partial charge is 0.294 e. The Labute approximate surface area is 650 Å². The Hall–Kier alpha value is -4.89. The first kappa shape index (κ1) is 71.4. The van der Waals surface area contributed by atoms with Crippen molar-refractivity contribution in [3.63, 3.8) is 0 Å². The smallest absolute Gasteiger partial charge is 0.169 e. The number of carbonyl (C=O) groups is 3. The van der Waals surface area contributed by atoms with Crippen LogP contribution in [-0.2, 0) is 38.5 Å². The third kappa shape index (κ3) is 13.0. The topological polar surface area (TPSA) is 51.2 Å². The van der Waals surface area contributed by atoms with Gasteiger partial charge in [0.1, 0.15) is 0 Å². The molecule has 0 saturated heterocycles. The lowest BCUT2D eigenvalue weighted by atomic mass is 9.94. The van der Waals surface area contributed by atoms with Gasteiger partial charge in [0.25, 0.3) is 0 Å². The number of ketones is 3. The summed E-state index contributed by atoms with van der Waals surface area (Å²) in [4.78, 5) is 60.4. The van der Waals surface area contributed by atoms with E-state index in [0.717, 1.165) is 66.0 Å². The van der Waals surface area contributed by atoms with Crippen LogP contribution in [0.4, 0.5) is 0 Å². The number of aryl methyl sites for hydroxylation is 8. The van der Waals surface area contributed by atoms with Gasteiger partial charge >= 0.3 is 0 Å². The molecule has 16 rings (SSSR count). The summed E-state index contributed by atoms with van der Waals surface area (Å²) in [6, 6.07) is 26.4. The fourth-order valence-corrected chi connectivity index (χ4v) is 32.0. The van der Waals surface area contributed by atoms with Crippen LogP contribution in [0.5, 0.6) is 0 Å². The molecular weight excluding hydrogens is 1500 g/mol. The molecule has 0 radical (unpaired) electrons. The summed E-state index contributed by atoms with van der Waals surface area (Å²) in [6.45, 7) is 23.5. The number of Topliss-reactive ketones (excluding diaryl/α,β-unsaturated/α-hetero) is 3. The Morgan fingerprint density at radius 3 is 1.22 bits per heavy atom. The summed E-state index contributed by atoms with van der Waals surface area (Å²) in [5.74, 6) is 0.417. The first-order valence-corrected chi connectivity index (χ1v) is 47.3. The fraction of sp³-hybridized carbons (Fsp3) is 0.360. The van der Waals surface area contributed by atoms with E-state index in [1.807, 2.05) is 113 Å². The average Bonchev–Trinajstić information content (AvgIpc) is 1.58. The maximum Gasteiger partial charge on any atom is 0.169 e. The van der Waals surface area contributed by atoms with Crippen molar-refractivity contribution in [1.82, 2.24) is 0 Å². The van der Waals surface area contributed by atoms with Gasteiger partial charge < -0.3 is 0 Å². The van der Waals surface area contributed by atoms with Gasteiger partial charge in [-0.3, -0.25) is 14.4 Å². The average molecular weight is 1580 g/mol. The standard InChI is InChI=1S/C86H84O3S13/c1-12-16-18-20-22-24-28-54-59-37-69(97-80(59)55(29-25-23-21-19-17-13-2)61-39-73(99-81(54)61)82-62-40-66(46(8)87)94-77(62)49(11)91-82)65-31-30-50(92-65)34-70-83-63(41-67(95-83)47(9)88)85(101-70)72-36-57-45(7)75-56(44(6)76(57)98-72)33-51(93-75)35-71-84-64(42-68(96-84)48(10)89)86(102-71)74-38-60-53(27-15-4)78-58(32-43(5)90-78)52(26-14-3)79(60)100-74/h30-33,36-42H,12-29,34-35H2,1-11H3. The van der Waals surface area contributed by atoms with Crippen molar-refractivity contribution in [3.8, 4) is 39.0 Å². The summed E-state index contributed by atoms with van der Waals surface area (Å²) in [7, 11) is 0. The highest BCUT2D eigenvalue weighted by molar-refractivity contribution is 7.33. The van der Waals surface area contributed by atoms with Crippen molar-refractivity contribution in [2.45, 2.75) is 205 Å². The summed E-state index contributed by atoms with van der Waals surface area (Å²) in [5.41, 5.74) is 8.77. The zero-order chi connectivity index (χ0) is 70.5. The zero-order valence-corrected chi connectivity index (χ0v) is 70.6. The minimum Gasteiger partial charge on any atom is -0.294 e. The maximum absolute atomic E-state index is 13.3. The van der Waals surface area contributed by atoms with Gasteiger partial charge in [0.05, 0.1) is 29.3 Å². The molecule has 0 aliphatic carbocycles. The molecule has 0 aliphatic rings. The van der Waals surface area contributed by atoms with E-state index >= 15 is 0 Å². The number of thiophene rings is 13. The van der Waals surface area contributed by atoms with E-state index in [4.69, 9.17) is 0 Å². The van der Waals surface area contributed by atoms with Crippen molar-refractivity contribution in [2.75, 3.05) is 0 Å². The maximum atomic E-state index is 13.3. The van der Waals surface area contributed by atoms with E-state index in [-0.39, 0.29) is 17.3 Å². The van der Waals surface area contributed by atoms with Crippen molar-refractivity contribution in [3.05, 3.63) is 144 Å². The molecule has 0 atom stereocenters. The number of hydrogen-bond donors (Lipinski definition) is 0. The molecule has 13 heterocycles. The van der Waals surface area contributed by atoms with Crippen molar-refractivity contribution in [1.29, 1.82) is 0 Å². The van der Waals surface area contributed by atoms with E-state index in [0.29, 0.717) is 0 Å². The SMILES string of the molecule is CCCCCCCCc1c2cc(-c3sc(C)c4sc(C(C)=O)cc34)sc2c(CCCCCCCC)c2cc(-c3ccc(Cc4sc(-c5cc6c(C)c7sc(Cc8sc(-c9cc%10c(CCC)c%11sc(C)cc%11c(CCC)c%10s9)c9cc(C(C)=O)sc89)cc7c(C)c6s5)c5cc(C(C)=O)sc45)s3)sc12. The van der Waals surface area contributed by atoms with Crippen LogP contribution in [0, 0.1) is 27.7 Å². The van der Waals surface area contributed by atoms with Crippen LogP contribution in [0.15, 0.2) is 66.7 Å². The molecule has 0 unspecified atom stereocenters. The lowest BCUT2D eigenvalue weighted by Crippen LogP contribution is -1.93. The van der Waals surface area contributed by atoms with Gasteiger partial charge in [0, 0.05) is 125 Å². The van der Waals surface area contributed by atoms with Gasteiger partial charge in [0.2, 0.25) is 0 Å². The number of unbranched alkanes of at least 4 members (excludes halogenated alkanes) is 10. The van der Waals surface area contributed by atoms with Crippen molar-refractivity contribution < 1.29 is 14.4 Å². The Morgan fingerprint density at radius 1 is 0.294 bits per heavy atom. The Bertz CT molecular complexity index is 5760. The van der Waals surface area contributed by atoms with Crippen LogP contribution in [0.25, 0.3) is 130 Å². The highest BCUT2D eigenvalue weighted by atomic mass is 32.1. The van der Waals surface area contributed by atoms with Crippen LogP contribution >= 0.6 is 147 Å². The van der Waals surface area contributed by atoms with E-state index in [1.165, 1.54) is 269 Å². The summed E-state index contributed by atoms with van der Waals surface area (Å²) < 4.78 is 12.4. The molecule has 0 spiro atoms. The third-order valence-electron chi connectivity index (χ3n) is 20.8. The molecular formula is C86H84O3S13. The Balaban J connectivity index is 0.724. The van der Waals surface area contributed by atoms with Gasteiger partial charge in [-0.15, -0.1) is 147 Å². The van der Waals surface area contributed by atoms with E-state index < -0.39 is 0 Å². The second kappa shape index (κ2) is 29.7. The van der Waals surface area contributed by atoms with Gasteiger partial charge in [-0.25, -0.2) is 0 Å². The quantitative estimate of drug-likeness (QED) is 0.0347. The second-order valence-electron chi connectivity index (χ2n) is 28.2. The van der Waals surface area contributed by atoms with Crippen LogP contribution < -0.4 is 0 Å². The Kier molecular flexibility index (Phi) is 20.8. The van der Waals surface area contributed by atoms with Gasteiger partial charge in [-0.1, -0.05) is 105 Å². The number of hydrogen-bond acceptors (Lipinski definition) is 16. The molecule has 3 nitrogen and oxygen atoms in total. The fourth-order valence-electron chi connectivity index (χ4n) is 15.6. The minimum absolute atomic E-state index is 0.127. The summed E-state index contributed by atoms with van der Waals surface area (Å²) in [5, 5.41) is 12.2. The highest BCUT2D eigenvalue weighted by Gasteiger charge is 2.29. The molecule has 0 aliphatic heterocycles. The number of rotatable bonds is 29. The highest BCUT2D eigenvalue weighted by Crippen LogP contribution is 2.56. The molecule has 16 heteroatoms. The Morgan fingerprint density at radius 2 is 0.696 bits per heavy atom. The molecule has 524 valence electrons. The molecule has 102 heavy (non-hydrogen) atoms. The lowest BCUT2D eigenvalue weighted by Gasteiger charge is -2.12. The third-order valence-corrected chi connectivity index (χ3v) is 37.7. The molecule has 16 aromatic rings. The molecule has 13 aromatic heterocycles. The molecule has 0 N–H and O–H groups in total. The first-order valence-electron chi connectivity index (χ1n) is 36.7. The van der Waals surface area contributed by atoms with Crippen LogP contribution in [0.1, 0.15) is 230 Å². The minimum atomic E-state index is 0.127. The normalized spacial score (nSPS) is 12.4. The number of fused-ring (bicyclic) bond motifs is 9. The van der Waals surface area contributed by atoms with Gasteiger partial charge in [0.15, 0.2) is 17.3 Å². The van der Waals surface area contributed by atoms with Crippen molar-refractivity contribution in [2.24, 2.45) is 0 Å². The molecule has 0 bridgehead atoms. The van der Waals surface area contributed by atoms with Gasteiger partial charge in [-0.05, 0) is 219 Å². The van der Waals surface area contributed by atoms with Crippen LogP contribution in [0.2, 0.25) is 0 Å².